The molecular formula is C10H8Na2O4. The van der Waals surface area contributed by atoms with Crippen molar-refractivity contribution in [3.8, 4) is 0 Å². The Labute approximate surface area is 138 Å². The molecule has 0 fully saturated rings. The van der Waals surface area contributed by atoms with Crippen LogP contribution in [0.4, 0.5) is 0 Å². The molecule has 74 valence electrons. The molecule has 16 heavy (non-hydrogen) atoms. The molecule has 0 unspecified atom stereocenters. The fourth-order valence-corrected chi connectivity index (χ4v) is 1.13. The van der Waals surface area contributed by atoms with Gasteiger partial charge in [-0.2, -0.15) is 0 Å². The standard InChI is InChI=1S/C10H10O4.2Na/c1-6-2-4-7(5-3-6)8(9(11)12)10(13)14;;/h2-5,8H,1H3,(H,11,12)(H,13,14);;/q;2*+1/p-2. The van der Waals surface area contributed by atoms with Crippen molar-refractivity contribution in [1.29, 1.82) is 0 Å². The molecule has 0 saturated heterocycles. The molecule has 0 aliphatic rings. The van der Waals surface area contributed by atoms with E-state index < -0.39 is 17.9 Å². The first-order valence-corrected chi connectivity index (χ1v) is 4.00. The van der Waals surface area contributed by atoms with Gasteiger partial charge in [-0.3, -0.25) is 0 Å². The SMILES string of the molecule is Cc1ccc(C(C(=O)[O-])C(=O)[O-])cc1.[Na+].[Na+]. The van der Waals surface area contributed by atoms with Crippen molar-refractivity contribution in [2.24, 2.45) is 0 Å². The Hall–Kier alpha value is 0.160. The number of benzene rings is 1. The van der Waals surface area contributed by atoms with E-state index in [2.05, 4.69) is 0 Å². The van der Waals surface area contributed by atoms with Gasteiger partial charge in [0.2, 0.25) is 0 Å². The quantitative estimate of drug-likeness (QED) is 0.387. The minimum Gasteiger partial charge on any atom is -0.549 e. The van der Waals surface area contributed by atoms with Crippen LogP contribution in [0.5, 0.6) is 0 Å². The number of rotatable bonds is 3. The van der Waals surface area contributed by atoms with E-state index in [1.807, 2.05) is 6.92 Å². The van der Waals surface area contributed by atoms with E-state index in [0.29, 0.717) is 0 Å². The zero-order chi connectivity index (χ0) is 10.7. The molecule has 0 spiro atoms. The molecule has 4 nitrogen and oxygen atoms in total. The zero-order valence-electron chi connectivity index (χ0n) is 9.52. The van der Waals surface area contributed by atoms with E-state index >= 15 is 0 Å². The van der Waals surface area contributed by atoms with E-state index in [4.69, 9.17) is 0 Å². The first-order valence-electron chi connectivity index (χ1n) is 4.00. The minimum atomic E-state index is -1.70. The zero-order valence-corrected chi connectivity index (χ0v) is 13.5. The van der Waals surface area contributed by atoms with Gasteiger partial charge in [0.05, 0.1) is 17.9 Å². The molecule has 0 radical (unpaired) electrons. The van der Waals surface area contributed by atoms with Crippen molar-refractivity contribution in [3.05, 3.63) is 35.4 Å². The summed E-state index contributed by atoms with van der Waals surface area (Å²) >= 11 is 0. The van der Waals surface area contributed by atoms with Gasteiger partial charge in [-0.25, -0.2) is 0 Å². The van der Waals surface area contributed by atoms with Gasteiger partial charge in [0.15, 0.2) is 0 Å². The summed E-state index contributed by atoms with van der Waals surface area (Å²) in [6, 6.07) is 6.14. The second-order valence-electron chi connectivity index (χ2n) is 2.98. The number of carbonyl (C=O) groups is 2. The van der Waals surface area contributed by atoms with Crippen molar-refractivity contribution in [1.82, 2.24) is 0 Å². The first-order chi connectivity index (χ1) is 6.52. The summed E-state index contributed by atoms with van der Waals surface area (Å²) in [6.07, 6.45) is 0. The van der Waals surface area contributed by atoms with Crippen LogP contribution in [0.25, 0.3) is 0 Å². The molecule has 1 rings (SSSR count). The maximum absolute atomic E-state index is 10.5. The Bertz CT molecular complexity index is 348. The van der Waals surface area contributed by atoms with E-state index in [9.17, 15) is 19.8 Å². The van der Waals surface area contributed by atoms with Crippen LogP contribution in [0.1, 0.15) is 17.0 Å². The molecule has 0 heterocycles. The molecule has 0 saturated carbocycles. The Balaban J connectivity index is 0. The molecule has 0 N–H and O–H groups in total. The van der Waals surface area contributed by atoms with Gasteiger partial charge in [-0.1, -0.05) is 29.8 Å². The van der Waals surface area contributed by atoms with Crippen LogP contribution < -0.4 is 69.3 Å². The first kappa shape index (κ1) is 18.5. The van der Waals surface area contributed by atoms with Gasteiger partial charge >= 0.3 is 59.1 Å². The summed E-state index contributed by atoms with van der Waals surface area (Å²) in [5.41, 5.74) is 1.08. The van der Waals surface area contributed by atoms with Crippen molar-refractivity contribution in [2.45, 2.75) is 12.8 Å². The van der Waals surface area contributed by atoms with Crippen LogP contribution in [0.2, 0.25) is 0 Å². The second kappa shape index (κ2) is 8.28. The van der Waals surface area contributed by atoms with Crippen molar-refractivity contribution >= 4 is 11.9 Å². The van der Waals surface area contributed by atoms with Gasteiger partial charge < -0.3 is 19.8 Å². The summed E-state index contributed by atoms with van der Waals surface area (Å²) in [5.74, 6) is -5.02. The largest absolute Gasteiger partial charge is 1.00 e. The predicted molar refractivity (Wildman–Crippen MR) is 43.9 cm³/mol. The fourth-order valence-electron chi connectivity index (χ4n) is 1.13. The molecular weight excluding hydrogens is 230 g/mol. The average Bonchev–Trinajstić information content (AvgIpc) is 2.07. The third-order valence-corrected chi connectivity index (χ3v) is 1.88. The summed E-state index contributed by atoms with van der Waals surface area (Å²) in [6.45, 7) is 1.82. The summed E-state index contributed by atoms with van der Waals surface area (Å²) in [5, 5.41) is 21.0. The number of aliphatic carboxylic acids is 2. The Morgan fingerprint density at radius 2 is 1.38 bits per heavy atom. The maximum Gasteiger partial charge on any atom is 1.00 e. The number of aryl methyl sites for hydroxylation is 1. The van der Waals surface area contributed by atoms with E-state index in [1.54, 1.807) is 12.1 Å². The summed E-state index contributed by atoms with van der Waals surface area (Å²) < 4.78 is 0. The van der Waals surface area contributed by atoms with Gasteiger partial charge in [0, 0.05) is 0 Å². The average molecular weight is 238 g/mol. The van der Waals surface area contributed by atoms with Crippen molar-refractivity contribution in [3.63, 3.8) is 0 Å². The number of carboxylic acid groups (broad SMARTS) is 2. The second-order valence-corrected chi connectivity index (χ2v) is 2.98. The van der Waals surface area contributed by atoms with Crippen LogP contribution in [0, 0.1) is 6.92 Å². The molecule has 0 atom stereocenters. The number of carboxylic acids is 2. The van der Waals surface area contributed by atoms with Gasteiger partial charge in [0.25, 0.3) is 0 Å². The Kier molecular flexibility index (Phi) is 9.59. The maximum atomic E-state index is 10.5. The van der Waals surface area contributed by atoms with E-state index in [-0.39, 0.29) is 64.7 Å². The third kappa shape index (κ3) is 4.99. The molecule has 1 aromatic carbocycles. The van der Waals surface area contributed by atoms with Crippen molar-refractivity contribution in [2.75, 3.05) is 0 Å². The third-order valence-electron chi connectivity index (χ3n) is 1.88. The van der Waals surface area contributed by atoms with E-state index in [1.165, 1.54) is 12.1 Å². The fraction of sp³-hybridized carbons (Fsp3) is 0.200. The van der Waals surface area contributed by atoms with Gasteiger partial charge in [-0.15, -0.1) is 0 Å². The van der Waals surface area contributed by atoms with Crippen molar-refractivity contribution < 1.29 is 78.9 Å². The van der Waals surface area contributed by atoms with Gasteiger partial charge in [0.1, 0.15) is 0 Å². The van der Waals surface area contributed by atoms with Crippen LogP contribution in [-0.4, -0.2) is 11.9 Å². The number of hydrogen-bond acceptors (Lipinski definition) is 4. The monoisotopic (exact) mass is 238 g/mol. The molecule has 0 bridgehead atoms. The molecule has 0 aliphatic heterocycles. The normalized spacial score (nSPS) is 8.88. The smallest absolute Gasteiger partial charge is 0.549 e. The summed E-state index contributed by atoms with van der Waals surface area (Å²) in [4.78, 5) is 21.0. The summed E-state index contributed by atoms with van der Waals surface area (Å²) in [7, 11) is 0. The topological polar surface area (TPSA) is 80.3 Å². The number of hydrogen-bond donors (Lipinski definition) is 0. The van der Waals surface area contributed by atoms with Crippen LogP contribution in [-0.2, 0) is 9.59 Å². The number of carbonyl (C=O) groups excluding carboxylic acids is 2. The van der Waals surface area contributed by atoms with Crippen LogP contribution in [0.3, 0.4) is 0 Å². The molecule has 0 amide bonds. The van der Waals surface area contributed by atoms with Crippen LogP contribution in [0.15, 0.2) is 24.3 Å². The molecule has 0 aromatic heterocycles. The molecule has 0 aliphatic carbocycles. The van der Waals surface area contributed by atoms with Gasteiger partial charge in [-0.05, 0) is 12.5 Å². The predicted octanol–water partition coefficient (Wildman–Crippen LogP) is -7.41. The van der Waals surface area contributed by atoms with E-state index in [0.717, 1.165) is 5.56 Å². The minimum absolute atomic E-state index is 0. The molecule has 6 heteroatoms. The van der Waals surface area contributed by atoms with Crippen LogP contribution >= 0.6 is 0 Å². The Morgan fingerprint density at radius 3 is 1.69 bits per heavy atom. The molecule has 1 aromatic rings. The Morgan fingerprint density at radius 1 is 1.00 bits per heavy atom.